The summed E-state index contributed by atoms with van der Waals surface area (Å²) in [4.78, 5) is 13.7. The third-order valence-corrected chi connectivity index (χ3v) is 3.87. The van der Waals surface area contributed by atoms with Gasteiger partial charge in [0.1, 0.15) is 5.75 Å². The summed E-state index contributed by atoms with van der Waals surface area (Å²) in [5.41, 5.74) is 0.702. The predicted molar refractivity (Wildman–Crippen MR) is 97.7 cm³/mol. The van der Waals surface area contributed by atoms with Crippen LogP contribution in [0.4, 0.5) is 8.78 Å². The maximum absolute atomic E-state index is 12.5. The number of halogens is 3. The Morgan fingerprint density at radius 3 is 2.52 bits per heavy atom. The van der Waals surface area contributed by atoms with Crippen molar-refractivity contribution in [3.05, 3.63) is 53.1 Å². The lowest BCUT2D eigenvalue weighted by Gasteiger charge is -2.19. The Hall–Kier alpha value is -2.54. The fourth-order valence-electron chi connectivity index (χ4n) is 2.29. The van der Waals surface area contributed by atoms with E-state index in [1.165, 1.54) is 11.0 Å². The minimum atomic E-state index is -2.94. The second kappa shape index (κ2) is 9.97. The van der Waals surface area contributed by atoms with Gasteiger partial charge in [-0.2, -0.15) is 8.78 Å². The average molecular weight is 400 g/mol. The van der Waals surface area contributed by atoms with E-state index in [2.05, 4.69) is 4.74 Å². The Morgan fingerprint density at radius 1 is 1.11 bits per heavy atom. The molecule has 146 valence electrons. The maximum Gasteiger partial charge on any atom is 0.387 e. The SMILES string of the molecule is CCOc1cc(CN(C)C(=O)COc2ccccc2Cl)ccc1OC(F)F. The standard InChI is InChI=1S/C19H20ClF2NO4/c1-3-25-17-10-13(8-9-16(17)27-19(21)22)11-23(2)18(24)12-26-15-7-5-4-6-14(15)20/h4-10,19H,3,11-12H2,1-2H3. The van der Waals surface area contributed by atoms with Crippen LogP contribution < -0.4 is 14.2 Å². The summed E-state index contributed by atoms with van der Waals surface area (Å²) < 4.78 is 40.1. The molecule has 0 radical (unpaired) electrons. The Bertz CT molecular complexity index is 773. The Labute approximate surface area is 161 Å². The van der Waals surface area contributed by atoms with Gasteiger partial charge in [0.25, 0.3) is 5.91 Å². The molecule has 0 aliphatic rings. The molecule has 2 aromatic rings. The zero-order valence-electron chi connectivity index (χ0n) is 15.0. The van der Waals surface area contributed by atoms with Crippen LogP contribution in [0, 0.1) is 0 Å². The first kappa shape index (κ1) is 20.8. The molecule has 2 aromatic carbocycles. The average Bonchev–Trinajstić information content (AvgIpc) is 2.62. The van der Waals surface area contributed by atoms with Crippen molar-refractivity contribution in [2.75, 3.05) is 20.3 Å². The molecule has 0 aliphatic carbocycles. The Kier molecular flexibility index (Phi) is 7.67. The molecule has 0 heterocycles. The number of carbonyl (C=O) groups is 1. The largest absolute Gasteiger partial charge is 0.490 e. The molecule has 5 nitrogen and oxygen atoms in total. The van der Waals surface area contributed by atoms with Crippen molar-refractivity contribution in [1.29, 1.82) is 0 Å². The molecule has 0 fully saturated rings. The van der Waals surface area contributed by atoms with Crippen molar-refractivity contribution in [2.45, 2.75) is 20.1 Å². The maximum atomic E-state index is 12.5. The molecule has 27 heavy (non-hydrogen) atoms. The number of benzene rings is 2. The molecule has 0 spiro atoms. The van der Waals surface area contributed by atoms with Crippen molar-refractivity contribution in [2.24, 2.45) is 0 Å². The zero-order chi connectivity index (χ0) is 19.8. The fourth-order valence-corrected chi connectivity index (χ4v) is 2.48. The summed E-state index contributed by atoms with van der Waals surface area (Å²) in [6.45, 7) is -0.837. The van der Waals surface area contributed by atoms with E-state index in [9.17, 15) is 13.6 Å². The summed E-state index contributed by atoms with van der Waals surface area (Å²) in [5.74, 6) is 0.309. The van der Waals surface area contributed by atoms with Gasteiger partial charge in [-0.25, -0.2) is 0 Å². The molecule has 0 bridgehead atoms. The molecule has 0 atom stereocenters. The molecule has 2 rings (SSSR count). The molecule has 1 amide bonds. The van der Waals surface area contributed by atoms with E-state index in [1.54, 1.807) is 50.4 Å². The summed E-state index contributed by atoms with van der Waals surface area (Å²) in [5, 5.41) is 0.420. The number of hydrogen-bond acceptors (Lipinski definition) is 4. The molecule has 0 aromatic heterocycles. The second-order valence-electron chi connectivity index (χ2n) is 5.56. The van der Waals surface area contributed by atoms with E-state index >= 15 is 0 Å². The lowest BCUT2D eigenvalue weighted by atomic mass is 10.2. The number of ether oxygens (including phenoxy) is 3. The van der Waals surface area contributed by atoms with Crippen LogP contribution in [0.3, 0.4) is 0 Å². The van der Waals surface area contributed by atoms with Crippen LogP contribution in [0.1, 0.15) is 12.5 Å². The normalized spacial score (nSPS) is 10.6. The highest BCUT2D eigenvalue weighted by Gasteiger charge is 2.15. The van der Waals surface area contributed by atoms with Crippen LogP contribution in [0.15, 0.2) is 42.5 Å². The van der Waals surface area contributed by atoms with Gasteiger partial charge in [0.2, 0.25) is 0 Å². The number of nitrogens with zero attached hydrogens (tertiary/aromatic N) is 1. The van der Waals surface area contributed by atoms with Crippen LogP contribution in [-0.4, -0.2) is 37.7 Å². The summed E-state index contributed by atoms with van der Waals surface area (Å²) in [6, 6.07) is 11.4. The number of carbonyl (C=O) groups excluding carboxylic acids is 1. The predicted octanol–water partition coefficient (Wildman–Crippen LogP) is 4.38. The first-order valence-corrected chi connectivity index (χ1v) is 8.60. The molecule has 0 aliphatic heterocycles. The van der Waals surface area contributed by atoms with Crippen LogP contribution in [0.2, 0.25) is 5.02 Å². The molecule has 0 saturated heterocycles. The number of para-hydroxylation sites is 1. The van der Waals surface area contributed by atoms with Gasteiger partial charge in [-0.15, -0.1) is 0 Å². The van der Waals surface area contributed by atoms with Gasteiger partial charge in [-0.3, -0.25) is 4.79 Å². The van der Waals surface area contributed by atoms with Gasteiger partial charge in [0.15, 0.2) is 18.1 Å². The molecule has 8 heteroatoms. The van der Waals surface area contributed by atoms with Crippen LogP contribution >= 0.6 is 11.6 Å². The van der Waals surface area contributed by atoms with Gasteiger partial charge in [-0.05, 0) is 36.8 Å². The van der Waals surface area contributed by atoms with E-state index in [0.717, 1.165) is 0 Å². The number of hydrogen-bond donors (Lipinski definition) is 0. The van der Waals surface area contributed by atoms with Gasteiger partial charge < -0.3 is 19.1 Å². The lowest BCUT2D eigenvalue weighted by Crippen LogP contribution is -2.31. The van der Waals surface area contributed by atoms with Crippen molar-refractivity contribution in [3.8, 4) is 17.2 Å². The van der Waals surface area contributed by atoms with Crippen LogP contribution in [0.25, 0.3) is 0 Å². The van der Waals surface area contributed by atoms with Gasteiger partial charge >= 0.3 is 6.61 Å². The van der Waals surface area contributed by atoms with E-state index in [-0.39, 0.29) is 30.6 Å². The molecule has 0 saturated carbocycles. The summed E-state index contributed by atoms with van der Waals surface area (Å²) >= 11 is 5.99. The monoisotopic (exact) mass is 399 g/mol. The van der Waals surface area contributed by atoms with Crippen LogP contribution in [-0.2, 0) is 11.3 Å². The Balaban J connectivity index is 1.99. The highest BCUT2D eigenvalue weighted by molar-refractivity contribution is 6.32. The molecular weight excluding hydrogens is 380 g/mol. The smallest absolute Gasteiger partial charge is 0.387 e. The first-order chi connectivity index (χ1) is 12.9. The van der Waals surface area contributed by atoms with E-state index in [4.69, 9.17) is 21.1 Å². The quantitative estimate of drug-likeness (QED) is 0.628. The minimum absolute atomic E-state index is 0.0494. The minimum Gasteiger partial charge on any atom is -0.490 e. The van der Waals surface area contributed by atoms with Gasteiger partial charge in [0, 0.05) is 13.6 Å². The molecule has 0 unspecified atom stereocenters. The highest BCUT2D eigenvalue weighted by Crippen LogP contribution is 2.30. The number of amides is 1. The third-order valence-electron chi connectivity index (χ3n) is 3.56. The third kappa shape index (κ3) is 6.29. The van der Waals surface area contributed by atoms with E-state index in [1.807, 2.05) is 0 Å². The van der Waals surface area contributed by atoms with E-state index < -0.39 is 6.61 Å². The Morgan fingerprint density at radius 2 is 1.85 bits per heavy atom. The van der Waals surface area contributed by atoms with Crippen molar-refractivity contribution < 1.29 is 27.8 Å². The van der Waals surface area contributed by atoms with Crippen molar-refractivity contribution >= 4 is 17.5 Å². The van der Waals surface area contributed by atoms with Crippen molar-refractivity contribution in [1.82, 2.24) is 4.90 Å². The van der Waals surface area contributed by atoms with Crippen molar-refractivity contribution in [3.63, 3.8) is 0 Å². The number of rotatable bonds is 9. The zero-order valence-corrected chi connectivity index (χ0v) is 15.7. The number of alkyl halides is 2. The highest BCUT2D eigenvalue weighted by atomic mass is 35.5. The summed E-state index contributed by atoms with van der Waals surface area (Å²) in [7, 11) is 1.61. The summed E-state index contributed by atoms with van der Waals surface area (Å²) in [6.07, 6.45) is 0. The second-order valence-corrected chi connectivity index (χ2v) is 5.97. The fraction of sp³-hybridized carbons (Fsp3) is 0.316. The molecule has 0 N–H and O–H groups in total. The topological polar surface area (TPSA) is 48.0 Å². The van der Waals surface area contributed by atoms with Crippen LogP contribution in [0.5, 0.6) is 17.2 Å². The molecular formula is C19H20ClF2NO4. The first-order valence-electron chi connectivity index (χ1n) is 8.22. The lowest BCUT2D eigenvalue weighted by molar-refractivity contribution is -0.132. The van der Waals surface area contributed by atoms with Gasteiger partial charge in [-0.1, -0.05) is 29.8 Å². The number of likely N-dealkylation sites (N-methyl/N-ethyl adjacent to an activating group) is 1. The van der Waals surface area contributed by atoms with Gasteiger partial charge in [0.05, 0.1) is 11.6 Å². The van der Waals surface area contributed by atoms with E-state index in [0.29, 0.717) is 22.9 Å².